The summed E-state index contributed by atoms with van der Waals surface area (Å²) in [5.41, 5.74) is 1.60. The highest BCUT2D eigenvalue weighted by atomic mass is 32.2. The molecule has 0 saturated heterocycles. The summed E-state index contributed by atoms with van der Waals surface area (Å²) in [5, 5.41) is 12.3. The van der Waals surface area contributed by atoms with E-state index >= 15 is 0 Å². The highest BCUT2D eigenvalue weighted by Crippen LogP contribution is 2.31. The van der Waals surface area contributed by atoms with Crippen LogP contribution in [0.15, 0.2) is 39.5 Å². The molecule has 0 fully saturated rings. The fourth-order valence-corrected chi connectivity index (χ4v) is 4.53. The van der Waals surface area contributed by atoms with E-state index in [4.69, 9.17) is 4.99 Å². The van der Waals surface area contributed by atoms with Crippen LogP contribution in [0, 0.1) is 0 Å². The van der Waals surface area contributed by atoms with Gasteiger partial charge in [-0.05, 0) is 65.8 Å². The fourth-order valence-electron chi connectivity index (χ4n) is 3.44. The van der Waals surface area contributed by atoms with E-state index in [0.29, 0.717) is 18.3 Å². The van der Waals surface area contributed by atoms with Crippen molar-refractivity contribution >= 4 is 34.3 Å². The maximum atomic E-state index is 12.4. The molecule has 0 bridgehead atoms. The Morgan fingerprint density at radius 3 is 2.34 bits per heavy atom. The van der Waals surface area contributed by atoms with Gasteiger partial charge in [0.2, 0.25) is 5.17 Å². The number of carbonyl (C=O) groups excluding carboxylic acids is 1. The molecule has 1 aliphatic heterocycles. The number of anilines is 1. The molecule has 1 aromatic rings. The largest absolute Gasteiger partial charge is 0.372 e. The number of hydrogen-bond acceptors (Lipinski definition) is 6. The van der Waals surface area contributed by atoms with E-state index in [2.05, 4.69) is 60.3 Å². The first-order valence-corrected chi connectivity index (χ1v) is 11.4. The minimum atomic E-state index is -0.399. The van der Waals surface area contributed by atoms with Gasteiger partial charge in [-0.2, -0.15) is 0 Å². The second-order valence-electron chi connectivity index (χ2n) is 7.36. The first-order chi connectivity index (χ1) is 13.9. The Balaban J connectivity index is 2.07. The lowest BCUT2D eigenvalue weighted by molar-refractivity contribution is 0.127. The summed E-state index contributed by atoms with van der Waals surface area (Å²) >= 11 is 1.59. The van der Waals surface area contributed by atoms with Gasteiger partial charge < -0.3 is 15.1 Å². The molecule has 2 rings (SSSR count). The Morgan fingerprint density at radius 2 is 1.79 bits per heavy atom. The summed E-state index contributed by atoms with van der Waals surface area (Å²) < 4.78 is 0. The number of amides is 2. The van der Waals surface area contributed by atoms with Crippen LogP contribution in [-0.2, 0) is 0 Å². The number of nitrogens with zero attached hydrogens (tertiary/aromatic N) is 5. The summed E-state index contributed by atoms with van der Waals surface area (Å²) in [4.78, 5) is 21.3. The quantitative estimate of drug-likeness (QED) is 0.609. The van der Waals surface area contributed by atoms with Crippen LogP contribution in [0.2, 0.25) is 0 Å². The number of carbonyl (C=O) groups is 1. The van der Waals surface area contributed by atoms with Crippen LogP contribution in [0.5, 0.6) is 0 Å². The molecule has 0 saturated carbocycles. The van der Waals surface area contributed by atoms with Crippen LogP contribution < -0.4 is 10.2 Å². The topological polar surface area (TPSA) is 72.7 Å². The van der Waals surface area contributed by atoms with E-state index in [9.17, 15) is 4.79 Å². The molecule has 1 heterocycles. The second-order valence-corrected chi connectivity index (χ2v) is 8.35. The summed E-state index contributed by atoms with van der Waals surface area (Å²) in [7, 11) is 0. The second kappa shape index (κ2) is 10.6. The van der Waals surface area contributed by atoms with Crippen molar-refractivity contribution in [1.29, 1.82) is 0 Å². The predicted octanol–water partition coefficient (Wildman–Crippen LogP) is 4.92. The molecule has 0 radical (unpaired) electrons. The Bertz CT molecular complexity index is 727. The van der Waals surface area contributed by atoms with Gasteiger partial charge >= 0.3 is 6.03 Å². The number of nitrogens with one attached hydrogen (secondary N) is 1. The molecule has 0 aliphatic carbocycles. The van der Waals surface area contributed by atoms with Gasteiger partial charge in [-0.15, -0.1) is 10.2 Å². The Labute approximate surface area is 179 Å². The highest BCUT2D eigenvalue weighted by molar-refractivity contribution is 8.14. The molecule has 1 aromatic carbocycles. The van der Waals surface area contributed by atoms with Crippen LogP contribution >= 0.6 is 11.8 Å². The Kier molecular flexibility index (Phi) is 8.49. The van der Waals surface area contributed by atoms with Crippen molar-refractivity contribution < 1.29 is 4.79 Å². The molecule has 0 aromatic heterocycles. The number of aliphatic imine (C=N–C) groups is 1. The summed E-state index contributed by atoms with van der Waals surface area (Å²) in [5.74, 6) is 0.790. The van der Waals surface area contributed by atoms with Crippen LogP contribution in [0.4, 0.5) is 16.2 Å². The van der Waals surface area contributed by atoms with Crippen molar-refractivity contribution in [1.82, 2.24) is 10.2 Å². The Hall–Kier alpha value is -2.09. The minimum Gasteiger partial charge on any atom is -0.372 e. The van der Waals surface area contributed by atoms with Crippen LogP contribution in [-0.4, -0.2) is 59.6 Å². The monoisotopic (exact) mass is 418 g/mol. The fraction of sp³-hybridized carbons (Fsp3) is 0.619. The molecule has 1 unspecified atom stereocenters. The summed E-state index contributed by atoms with van der Waals surface area (Å²) in [6.07, 6.45) is 0. The zero-order valence-electron chi connectivity index (χ0n) is 18.5. The van der Waals surface area contributed by atoms with Crippen LogP contribution in [0.1, 0.15) is 41.5 Å². The number of thioether (sulfide) groups is 1. The van der Waals surface area contributed by atoms with E-state index < -0.39 is 5.54 Å². The highest BCUT2D eigenvalue weighted by Gasteiger charge is 2.40. The lowest BCUT2D eigenvalue weighted by Crippen LogP contribution is -2.57. The first kappa shape index (κ1) is 23.2. The number of hydrogen-bond donors (Lipinski definition) is 1. The summed E-state index contributed by atoms with van der Waals surface area (Å²) in [6, 6.07) is 8.03. The lowest BCUT2D eigenvalue weighted by atomic mass is 9.94. The molecule has 0 spiro atoms. The van der Waals surface area contributed by atoms with E-state index in [0.717, 1.165) is 24.5 Å². The molecular weight excluding hydrogens is 384 g/mol. The number of urea groups is 1. The number of amidine groups is 1. The van der Waals surface area contributed by atoms with E-state index in [1.807, 2.05) is 30.9 Å². The van der Waals surface area contributed by atoms with Gasteiger partial charge in [0, 0.05) is 37.6 Å². The van der Waals surface area contributed by atoms with Crippen molar-refractivity contribution in [2.75, 3.05) is 36.8 Å². The first-order valence-electron chi connectivity index (χ1n) is 10.4. The van der Waals surface area contributed by atoms with Crippen molar-refractivity contribution in [2.24, 2.45) is 15.2 Å². The number of benzene rings is 1. The molecule has 1 aliphatic rings. The maximum Gasteiger partial charge on any atom is 0.317 e. The average Bonchev–Trinajstić information content (AvgIpc) is 3.19. The third kappa shape index (κ3) is 5.72. The standard InChI is InChI=1S/C21H34N6OS/c1-7-22-20(28)27(10-4)21(5,6)18-15-29-19(23-18)25-24-16-11-13-17(14-12-16)26(8-2)9-3/h11-14,18H,7-10,15H2,1-6H3,(H,22,28). The average molecular weight is 419 g/mol. The Morgan fingerprint density at radius 1 is 1.14 bits per heavy atom. The molecule has 1 N–H and O–H groups in total. The number of azo groups is 1. The molecule has 7 nitrogen and oxygen atoms in total. The zero-order chi connectivity index (χ0) is 21.4. The predicted molar refractivity (Wildman–Crippen MR) is 124 cm³/mol. The molecular formula is C21H34N6OS. The number of likely N-dealkylation sites (N-methyl/N-ethyl adjacent to an activating group) is 1. The summed E-state index contributed by atoms with van der Waals surface area (Å²) in [6.45, 7) is 15.5. The van der Waals surface area contributed by atoms with Gasteiger partial charge in [0.1, 0.15) is 0 Å². The smallest absolute Gasteiger partial charge is 0.317 e. The van der Waals surface area contributed by atoms with E-state index in [1.165, 1.54) is 5.69 Å². The molecule has 2 amide bonds. The maximum absolute atomic E-state index is 12.4. The van der Waals surface area contributed by atoms with Crippen molar-refractivity contribution in [3.05, 3.63) is 24.3 Å². The minimum absolute atomic E-state index is 0.0194. The molecule has 29 heavy (non-hydrogen) atoms. The van der Waals surface area contributed by atoms with Crippen LogP contribution in [0.25, 0.3) is 0 Å². The SMILES string of the molecule is CCNC(=O)N(CC)C(C)(C)C1CSC(N=Nc2ccc(N(CC)CC)cc2)=N1. The van der Waals surface area contributed by atoms with E-state index in [-0.39, 0.29) is 12.1 Å². The van der Waals surface area contributed by atoms with Crippen molar-refractivity contribution in [3.63, 3.8) is 0 Å². The van der Waals surface area contributed by atoms with E-state index in [1.54, 1.807) is 11.8 Å². The third-order valence-electron chi connectivity index (χ3n) is 5.27. The van der Waals surface area contributed by atoms with Crippen LogP contribution in [0.3, 0.4) is 0 Å². The van der Waals surface area contributed by atoms with Gasteiger partial charge in [0.15, 0.2) is 0 Å². The van der Waals surface area contributed by atoms with Gasteiger partial charge in [0.25, 0.3) is 0 Å². The van der Waals surface area contributed by atoms with Gasteiger partial charge in [-0.3, -0.25) is 4.99 Å². The van der Waals surface area contributed by atoms with Crippen molar-refractivity contribution in [2.45, 2.75) is 53.1 Å². The van der Waals surface area contributed by atoms with Crippen molar-refractivity contribution in [3.8, 4) is 0 Å². The van der Waals surface area contributed by atoms with Gasteiger partial charge in [-0.1, -0.05) is 11.8 Å². The third-order valence-corrected chi connectivity index (χ3v) is 6.19. The molecule has 160 valence electrons. The lowest BCUT2D eigenvalue weighted by Gasteiger charge is -2.40. The van der Waals surface area contributed by atoms with Gasteiger partial charge in [0.05, 0.1) is 17.3 Å². The normalized spacial score (nSPS) is 16.8. The van der Waals surface area contributed by atoms with Gasteiger partial charge in [-0.25, -0.2) is 4.79 Å². The molecule has 8 heteroatoms. The number of rotatable bonds is 8. The zero-order valence-corrected chi connectivity index (χ0v) is 19.3. The molecule has 1 atom stereocenters.